The molecule has 1 amide bonds. The van der Waals surface area contributed by atoms with Crippen molar-refractivity contribution in [3.05, 3.63) is 11.8 Å². The molecule has 6 heteroatoms. The Bertz CT molecular complexity index is 521. The van der Waals surface area contributed by atoms with Crippen LogP contribution in [0.15, 0.2) is 6.07 Å². The van der Waals surface area contributed by atoms with Gasteiger partial charge in [-0.25, -0.2) is 4.98 Å². The molecule has 1 aromatic heterocycles. The van der Waals surface area contributed by atoms with Gasteiger partial charge in [0.05, 0.1) is 6.04 Å². The molecule has 1 N–H and O–H groups in total. The number of carbonyl (C=O) groups is 1. The van der Waals surface area contributed by atoms with Crippen LogP contribution in [0.4, 0.5) is 11.8 Å². The molecule has 2 fully saturated rings. The van der Waals surface area contributed by atoms with E-state index in [4.69, 9.17) is 0 Å². The molecule has 114 valence electrons. The molecule has 0 aliphatic carbocycles. The molecule has 0 radical (unpaired) electrons. The number of aromatic nitrogens is 2. The van der Waals surface area contributed by atoms with Gasteiger partial charge < -0.3 is 15.1 Å². The zero-order valence-corrected chi connectivity index (χ0v) is 12.8. The average molecular weight is 289 g/mol. The molecule has 2 aliphatic rings. The summed E-state index contributed by atoms with van der Waals surface area (Å²) < 4.78 is 0. The maximum Gasteiger partial charge on any atom is 0.227 e. The number of nitrogens with one attached hydrogen (secondary N) is 1. The number of aryl methyl sites for hydroxylation is 1. The smallest absolute Gasteiger partial charge is 0.227 e. The van der Waals surface area contributed by atoms with Crippen LogP contribution >= 0.6 is 0 Å². The quantitative estimate of drug-likeness (QED) is 0.912. The van der Waals surface area contributed by atoms with Gasteiger partial charge in [0.25, 0.3) is 0 Å². The predicted octanol–water partition coefficient (Wildman–Crippen LogP) is 1.42. The van der Waals surface area contributed by atoms with E-state index in [0.717, 1.165) is 43.6 Å². The highest BCUT2D eigenvalue weighted by atomic mass is 16.2. The number of anilines is 2. The van der Waals surface area contributed by atoms with Crippen molar-refractivity contribution >= 4 is 17.7 Å². The van der Waals surface area contributed by atoms with E-state index >= 15 is 0 Å². The Morgan fingerprint density at radius 2 is 1.95 bits per heavy atom. The normalized spacial score (nSPS) is 19.3. The van der Waals surface area contributed by atoms with E-state index in [1.54, 1.807) is 6.92 Å². The zero-order valence-electron chi connectivity index (χ0n) is 12.8. The van der Waals surface area contributed by atoms with Gasteiger partial charge >= 0.3 is 0 Å². The van der Waals surface area contributed by atoms with Crippen LogP contribution < -0.4 is 10.2 Å². The third-order valence-electron chi connectivity index (χ3n) is 4.16. The molecule has 0 bridgehead atoms. The number of likely N-dealkylation sites (tertiary alicyclic amines) is 1. The van der Waals surface area contributed by atoms with E-state index < -0.39 is 0 Å². The Hall–Kier alpha value is -1.85. The Labute approximate surface area is 125 Å². The molecular weight excluding hydrogens is 266 g/mol. The summed E-state index contributed by atoms with van der Waals surface area (Å²) in [4.78, 5) is 24.5. The van der Waals surface area contributed by atoms with Crippen molar-refractivity contribution in [2.75, 3.05) is 36.4 Å². The number of rotatable bonds is 3. The van der Waals surface area contributed by atoms with Gasteiger partial charge in [0.2, 0.25) is 11.9 Å². The zero-order chi connectivity index (χ0) is 14.8. The molecular formula is C15H23N5O. The molecule has 0 aromatic carbocycles. The second-order valence-corrected chi connectivity index (χ2v) is 6.01. The first-order chi connectivity index (χ1) is 10.1. The second-order valence-electron chi connectivity index (χ2n) is 6.01. The highest BCUT2D eigenvalue weighted by Gasteiger charge is 2.28. The highest BCUT2D eigenvalue weighted by Crippen LogP contribution is 2.20. The number of hydrogen-bond acceptors (Lipinski definition) is 5. The number of amides is 1. The summed E-state index contributed by atoms with van der Waals surface area (Å²) in [6.45, 7) is 7.23. The summed E-state index contributed by atoms with van der Waals surface area (Å²) >= 11 is 0. The van der Waals surface area contributed by atoms with E-state index in [1.807, 2.05) is 17.9 Å². The van der Waals surface area contributed by atoms with Crippen molar-refractivity contribution in [2.24, 2.45) is 0 Å². The highest BCUT2D eigenvalue weighted by molar-refractivity contribution is 5.74. The maximum atomic E-state index is 11.2. The Morgan fingerprint density at radius 1 is 1.24 bits per heavy atom. The minimum atomic E-state index is 0.140. The SMILES string of the molecule is CC(=O)N1CC(Nc2cc(C)nc(N3CCCCC3)n2)C1. The monoisotopic (exact) mass is 289 g/mol. The second kappa shape index (κ2) is 5.87. The van der Waals surface area contributed by atoms with E-state index in [-0.39, 0.29) is 5.91 Å². The van der Waals surface area contributed by atoms with Gasteiger partial charge in [0, 0.05) is 44.9 Å². The standard InChI is InChI=1S/C15H23N5O/c1-11-8-14(17-13-9-20(10-13)12(2)21)18-15(16-11)19-6-4-3-5-7-19/h8,13H,3-7,9-10H2,1-2H3,(H,16,17,18). The molecule has 2 aliphatic heterocycles. The fourth-order valence-corrected chi connectivity index (χ4v) is 2.90. The van der Waals surface area contributed by atoms with Crippen LogP contribution in [0, 0.1) is 6.92 Å². The lowest BCUT2D eigenvalue weighted by atomic mass is 10.1. The van der Waals surface area contributed by atoms with Crippen molar-refractivity contribution in [2.45, 2.75) is 39.2 Å². The van der Waals surface area contributed by atoms with Crippen LogP contribution in [0.5, 0.6) is 0 Å². The van der Waals surface area contributed by atoms with Gasteiger partial charge in [-0.05, 0) is 26.2 Å². The van der Waals surface area contributed by atoms with Gasteiger partial charge in [-0.3, -0.25) is 4.79 Å². The van der Waals surface area contributed by atoms with Crippen molar-refractivity contribution < 1.29 is 4.79 Å². The number of carbonyl (C=O) groups excluding carboxylic acids is 1. The van der Waals surface area contributed by atoms with Gasteiger partial charge in [0.1, 0.15) is 5.82 Å². The molecule has 2 saturated heterocycles. The van der Waals surface area contributed by atoms with Gasteiger partial charge in [-0.2, -0.15) is 4.98 Å². The van der Waals surface area contributed by atoms with Crippen molar-refractivity contribution in [3.8, 4) is 0 Å². The topological polar surface area (TPSA) is 61.4 Å². The Balaban J connectivity index is 1.65. The lowest BCUT2D eigenvalue weighted by Gasteiger charge is -2.39. The van der Waals surface area contributed by atoms with Gasteiger partial charge in [0.15, 0.2) is 0 Å². The fraction of sp³-hybridized carbons (Fsp3) is 0.667. The number of nitrogens with zero attached hydrogens (tertiary/aromatic N) is 4. The summed E-state index contributed by atoms with van der Waals surface area (Å²) in [6, 6.07) is 2.28. The van der Waals surface area contributed by atoms with E-state index in [0.29, 0.717) is 6.04 Å². The lowest BCUT2D eigenvalue weighted by Crippen LogP contribution is -2.56. The summed E-state index contributed by atoms with van der Waals surface area (Å²) in [7, 11) is 0. The third kappa shape index (κ3) is 3.25. The summed E-state index contributed by atoms with van der Waals surface area (Å²) in [5.74, 6) is 1.84. The molecule has 0 saturated carbocycles. The van der Waals surface area contributed by atoms with E-state index in [1.165, 1.54) is 19.3 Å². The lowest BCUT2D eigenvalue weighted by molar-refractivity contribution is -0.132. The van der Waals surface area contributed by atoms with Gasteiger partial charge in [-0.15, -0.1) is 0 Å². The van der Waals surface area contributed by atoms with Crippen LogP contribution in [0.25, 0.3) is 0 Å². The predicted molar refractivity (Wildman–Crippen MR) is 82.5 cm³/mol. The minimum Gasteiger partial charge on any atom is -0.364 e. The van der Waals surface area contributed by atoms with E-state index in [2.05, 4.69) is 20.2 Å². The third-order valence-corrected chi connectivity index (χ3v) is 4.16. The molecule has 21 heavy (non-hydrogen) atoms. The number of hydrogen-bond donors (Lipinski definition) is 1. The molecule has 0 atom stereocenters. The summed E-state index contributed by atoms with van der Waals surface area (Å²) in [5, 5.41) is 3.41. The van der Waals surface area contributed by atoms with Crippen LogP contribution in [0.2, 0.25) is 0 Å². The molecule has 3 heterocycles. The maximum absolute atomic E-state index is 11.2. The number of piperidine rings is 1. The Morgan fingerprint density at radius 3 is 2.62 bits per heavy atom. The summed E-state index contributed by atoms with van der Waals surface area (Å²) in [5.41, 5.74) is 0.982. The van der Waals surface area contributed by atoms with Crippen LogP contribution in [0.1, 0.15) is 31.9 Å². The van der Waals surface area contributed by atoms with Crippen LogP contribution in [-0.4, -0.2) is 53.0 Å². The first-order valence-corrected chi connectivity index (χ1v) is 7.74. The van der Waals surface area contributed by atoms with E-state index in [9.17, 15) is 4.79 Å². The largest absolute Gasteiger partial charge is 0.364 e. The first-order valence-electron chi connectivity index (χ1n) is 7.74. The van der Waals surface area contributed by atoms with Crippen LogP contribution in [-0.2, 0) is 4.79 Å². The Kier molecular flexibility index (Phi) is 3.94. The van der Waals surface area contributed by atoms with Gasteiger partial charge in [-0.1, -0.05) is 0 Å². The molecule has 6 nitrogen and oxygen atoms in total. The van der Waals surface area contributed by atoms with Crippen molar-refractivity contribution in [1.29, 1.82) is 0 Å². The summed E-state index contributed by atoms with van der Waals surface area (Å²) in [6.07, 6.45) is 3.74. The fourth-order valence-electron chi connectivity index (χ4n) is 2.90. The molecule has 3 rings (SSSR count). The molecule has 0 unspecified atom stereocenters. The average Bonchev–Trinajstić information content (AvgIpc) is 2.42. The van der Waals surface area contributed by atoms with Crippen LogP contribution in [0.3, 0.4) is 0 Å². The van der Waals surface area contributed by atoms with Crippen molar-refractivity contribution in [3.63, 3.8) is 0 Å². The first kappa shape index (κ1) is 14.1. The minimum absolute atomic E-state index is 0.140. The molecule has 0 spiro atoms. The van der Waals surface area contributed by atoms with Crippen molar-refractivity contribution in [1.82, 2.24) is 14.9 Å². The molecule has 1 aromatic rings.